The second-order valence-electron chi connectivity index (χ2n) is 17.6. The molecule has 12 rings (SSSR count). The minimum atomic E-state index is -0.325. The minimum Gasteiger partial charge on any atom is -0.248 e. The fourth-order valence-corrected chi connectivity index (χ4v) is 11.8. The summed E-state index contributed by atoms with van der Waals surface area (Å²) in [6, 6.07) is 73.9. The summed E-state index contributed by atoms with van der Waals surface area (Å²) in [7, 11) is 0. The highest BCUT2D eigenvalue weighted by Gasteiger charge is 2.59. The third-order valence-corrected chi connectivity index (χ3v) is 14.3. The van der Waals surface area contributed by atoms with Gasteiger partial charge in [0.25, 0.3) is 0 Å². The molecule has 0 amide bonds. The van der Waals surface area contributed by atoms with Crippen LogP contribution in [0.25, 0.3) is 60.8 Å². The predicted molar refractivity (Wildman–Crippen MR) is 248 cm³/mol. The summed E-state index contributed by atoms with van der Waals surface area (Å²) in [5, 5.41) is 5.27. The Balaban J connectivity index is 1.17. The number of rotatable bonds is 4. The maximum absolute atomic E-state index is 5.29. The number of benzene rings is 7. The predicted octanol–water partition coefficient (Wildman–Crippen LogP) is 14.6. The van der Waals surface area contributed by atoms with E-state index in [-0.39, 0.29) is 16.7 Å². The number of nitrogens with zero attached hydrogens (tertiary/aromatic N) is 1. The molecule has 2 unspecified atom stereocenters. The highest BCUT2D eigenvalue weighted by Crippen LogP contribution is 2.67. The smallest absolute Gasteiger partial charge is 0.0722 e. The van der Waals surface area contributed by atoms with Gasteiger partial charge in [0.1, 0.15) is 0 Å². The van der Waals surface area contributed by atoms with Crippen LogP contribution in [-0.2, 0) is 10.8 Å². The molecule has 1 spiro atoms. The summed E-state index contributed by atoms with van der Waals surface area (Å²) >= 11 is 0. The van der Waals surface area contributed by atoms with Gasteiger partial charge in [0, 0.05) is 27.9 Å². The molecule has 0 N–H and O–H groups in total. The van der Waals surface area contributed by atoms with E-state index in [0.29, 0.717) is 5.92 Å². The molecular formula is C59H43N. The van der Waals surface area contributed by atoms with Crippen molar-refractivity contribution in [3.8, 4) is 33.6 Å². The molecule has 1 aromatic heterocycles. The summed E-state index contributed by atoms with van der Waals surface area (Å²) in [4.78, 5) is 5.29. The third kappa shape index (κ3) is 4.98. The van der Waals surface area contributed by atoms with Gasteiger partial charge in [-0.1, -0.05) is 178 Å². The molecule has 2 atom stereocenters. The van der Waals surface area contributed by atoms with Gasteiger partial charge in [-0.15, -0.1) is 0 Å². The van der Waals surface area contributed by atoms with E-state index < -0.39 is 0 Å². The Bertz CT molecular complexity index is 3080. The lowest BCUT2D eigenvalue weighted by atomic mass is 9.52. The van der Waals surface area contributed by atoms with Gasteiger partial charge in [-0.25, -0.2) is 4.98 Å². The van der Waals surface area contributed by atoms with Gasteiger partial charge < -0.3 is 0 Å². The van der Waals surface area contributed by atoms with Crippen molar-refractivity contribution in [2.24, 2.45) is 5.92 Å². The topological polar surface area (TPSA) is 12.9 Å². The summed E-state index contributed by atoms with van der Waals surface area (Å²) in [6.45, 7) is 4.85. The molecule has 0 radical (unpaired) electrons. The number of allylic oxidation sites excluding steroid dienone is 2. The summed E-state index contributed by atoms with van der Waals surface area (Å²) in [5.74, 6) is 0.487. The van der Waals surface area contributed by atoms with Crippen LogP contribution < -0.4 is 0 Å². The molecule has 0 fully saturated rings. The molecule has 3 aliphatic carbocycles. The van der Waals surface area contributed by atoms with E-state index in [4.69, 9.17) is 4.98 Å². The first-order valence-corrected chi connectivity index (χ1v) is 21.4. The van der Waals surface area contributed by atoms with Crippen molar-refractivity contribution in [1.82, 2.24) is 4.98 Å². The van der Waals surface area contributed by atoms with Gasteiger partial charge in [0.2, 0.25) is 0 Å². The number of hydrogen-bond donors (Lipinski definition) is 0. The van der Waals surface area contributed by atoms with Gasteiger partial charge >= 0.3 is 0 Å². The fourth-order valence-electron chi connectivity index (χ4n) is 11.8. The first kappa shape index (κ1) is 35.0. The van der Waals surface area contributed by atoms with Crippen molar-refractivity contribution in [1.29, 1.82) is 0 Å². The Morgan fingerprint density at radius 1 is 0.517 bits per heavy atom. The van der Waals surface area contributed by atoms with Crippen LogP contribution in [0.5, 0.6) is 0 Å². The molecule has 9 aromatic rings. The van der Waals surface area contributed by atoms with Crippen molar-refractivity contribution >= 4 is 27.1 Å². The molecule has 284 valence electrons. The summed E-state index contributed by atoms with van der Waals surface area (Å²) in [6.07, 6.45) is 4.79. The maximum Gasteiger partial charge on any atom is 0.0722 e. The van der Waals surface area contributed by atoms with Crippen LogP contribution in [0.3, 0.4) is 0 Å². The molecule has 3 aliphatic rings. The molecule has 1 heterocycles. The Hall–Kier alpha value is -7.01. The number of hydrogen-bond acceptors (Lipinski definition) is 1. The van der Waals surface area contributed by atoms with Crippen LogP contribution in [0, 0.1) is 18.1 Å². The number of aromatic nitrogens is 1. The van der Waals surface area contributed by atoms with E-state index in [2.05, 4.69) is 202 Å². The minimum absolute atomic E-state index is 0.136. The average Bonchev–Trinajstić information content (AvgIpc) is 3.61. The van der Waals surface area contributed by atoms with Crippen molar-refractivity contribution in [3.05, 3.63) is 239 Å². The first-order valence-electron chi connectivity index (χ1n) is 21.4. The largest absolute Gasteiger partial charge is 0.248 e. The van der Waals surface area contributed by atoms with Crippen LogP contribution in [0.15, 0.2) is 188 Å². The quantitative estimate of drug-likeness (QED) is 0.163. The van der Waals surface area contributed by atoms with Crippen LogP contribution in [0.1, 0.15) is 71.6 Å². The van der Waals surface area contributed by atoms with Crippen molar-refractivity contribution in [3.63, 3.8) is 0 Å². The third-order valence-electron chi connectivity index (χ3n) is 14.3. The van der Waals surface area contributed by atoms with Gasteiger partial charge in [0.15, 0.2) is 0 Å². The van der Waals surface area contributed by atoms with Crippen molar-refractivity contribution in [2.75, 3.05) is 0 Å². The standard InChI is InChI=1S/C59H43N/c1-58(2)50-27-13-15-29-52(50)59(53-30-16-14-28-51(53)58)49-33-32-41(47-34-40-22-9-10-23-43(40)45-24-11-12-25-46(45)47)35-48(49)57-44(26-17-31-54(57)59)42-36-55(38-18-5-3-6-19-38)60-56(37-42)39-20-7-4-8-21-39/h3,5-7,9-31,34-37,48-49H,32-33H2,1-2H3. The van der Waals surface area contributed by atoms with Gasteiger partial charge in [0.05, 0.1) is 11.4 Å². The lowest BCUT2D eigenvalue weighted by Crippen LogP contribution is -2.44. The van der Waals surface area contributed by atoms with E-state index in [1.165, 1.54) is 77.2 Å². The highest BCUT2D eigenvalue weighted by molar-refractivity contribution is 6.12. The maximum atomic E-state index is 5.29. The van der Waals surface area contributed by atoms with Crippen LogP contribution in [0.4, 0.5) is 0 Å². The van der Waals surface area contributed by atoms with E-state index in [1.54, 1.807) is 0 Å². The zero-order chi connectivity index (χ0) is 40.0. The molecule has 0 bridgehead atoms. The zero-order valence-electron chi connectivity index (χ0n) is 33.9. The van der Waals surface area contributed by atoms with Crippen molar-refractivity contribution in [2.45, 2.75) is 43.4 Å². The van der Waals surface area contributed by atoms with Gasteiger partial charge in [-0.05, 0) is 132 Å². The number of pyridine rings is 1. The SMILES string of the molecule is CC1(C)c2ccccc2C2(c3ccccc31)c1cccc(-c3cc(-c4cc#ccc4)nc(-c4ccccc4)c3)c1C1C=C(c3cc4ccccc4c4ccccc34)CCC12. The summed E-state index contributed by atoms with van der Waals surface area (Å²) in [5.41, 5.74) is 17.6. The second kappa shape index (κ2) is 13.3. The lowest BCUT2D eigenvalue weighted by molar-refractivity contribution is 0.332. The second-order valence-corrected chi connectivity index (χ2v) is 17.6. The van der Waals surface area contributed by atoms with E-state index >= 15 is 0 Å². The first-order chi connectivity index (χ1) is 29.5. The monoisotopic (exact) mass is 765 g/mol. The van der Waals surface area contributed by atoms with E-state index in [0.717, 1.165) is 35.4 Å². The van der Waals surface area contributed by atoms with E-state index in [9.17, 15) is 0 Å². The molecule has 1 nitrogen and oxygen atoms in total. The Morgan fingerprint density at radius 3 is 1.88 bits per heavy atom. The average molecular weight is 766 g/mol. The summed E-state index contributed by atoms with van der Waals surface area (Å²) < 4.78 is 0. The molecule has 1 heteroatoms. The van der Waals surface area contributed by atoms with Crippen molar-refractivity contribution < 1.29 is 0 Å². The van der Waals surface area contributed by atoms with E-state index in [1.807, 2.05) is 12.1 Å². The Kier molecular flexibility index (Phi) is 7.73. The molecular weight excluding hydrogens is 723 g/mol. The number of fused-ring (bicyclic) bond motifs is 12. The zero-order valence-corrected chi connectivity index (χ0v) is 33.9. The molecule has 60 heavy (non-hydrogen) atoms. The van der Waals surface area contributed by atoms with Gasteiger partial charge in [-0.3, -0.25) is 0 Å². The molecule has 8 aromatic carbocycles. The molecule has 0 aliphatic heterocycles. The Labute approximate surface area is 352 Å². The van der Waals surface area contributed by atoms with Crippen LogP contribution in [-0.4, -0.2) is 4.98 Å². The van der Waals surface area contributed by atoms with Crippen LogP contribution in [0.2, 0.25) is 0 Å². The normalized spacial score (nSPS) is 17.9. The fraction of sp³-hybridized carbons (Fsp3) is 0.136. The highest BCUT2D eigenvalue weighted by atomic mass is 14.7. The Morgan fingerprint density at radius 2 is 1.15 bits per heavy atom. The van der Waals surface area contributed by atoms with Crippen LogP contribution >= 0.6 is 0 Å². The molecule has 0 saturated heterocycles. The molecule has 0 saturated carbocycles. The lowest BCUT2D eigenvalue weighted by Gasteiger charge is -2.50. The van der Waals surface area contributed by atoms with Gasteiger partial charge in [-0.2, -0.15) is 0 Å².